The summed E-state index contributed by atoms with van der Waals surface area (Å²) >= 11 is 6.36. The van der Waals surface area contributed by atoms with Gasteiger partial charge in [0.05, 0.1) is 12.1 Å². The number of nitrogens with zero attached hydrogens (tertiary/aromatic N) is 1. The lowest BCUT2D eigenvalue weighted by Crippen LogP contribution is -1.96. The fourth-order valence-corrected chi connectivity index (χ4v) is 2.84. The van der Waals surface area contributed by atoms with Crippen LogP contribution in [0.1, 0.15) is 30.0 Å². The van der Waals surface area contributed by atoms with Crippen molar-refractivity contribution >= 4 is 22.5 Å². The molecule has 0 radical (unpaired) electrons. The maximum atomic E-state index is 9.49. The summed E-state index contributed by atoms with van der Waals surface area (Å²) in [6.07, 6.45) is 1.03. The van der Waals surface area contributed by atoms with Crippen LogP contribution in [0.5, 0.6) is 0 Å². The molecule has 0 amide bonds. The summed E-state index contributed by atoms with van der Waals surface area (Å²) in [6.45, 7) is 7.17. The van der Waals surface area contributed by atoms with Crippen LogP contribution in [0.4, 0.5) is 0 Å². The van der Waals surface area contributed by atoms with Crippen molar-refractivity contribution in [2.75, 3.05) is 0 Å². The molecule has 0 atom stereocenters. The summed E-state index contributed by atoms with van der Waals surface area (Å²) in [5.41, 5.74) is 4.40. The maximum absolute atomic E-state index is 9.49. The average molecular weight is 252 g/mol. The van der Waals surface area contributed by atoms with Gasteiger partial charge in [-0.2, -0.15) is 0 Å². The number of aryl methyl sites for hydroxylation is 3. The zero-order valence-corrected chi connectivity index (χ0v) is 11.3. The van der Waals surface area contributed by atoms with E-state index in [0.717, 1.165) is 29.4 Å². The van der Waals surface area contributed by atoms with Gasteiger partial charge in [0.25, 0.3) is 0 Å². The lowest BCUT2D eigenvalue weighted by molar-refractivity contribution is 0.283. The fourth-order valence-electron chi connectivity index (χ4n) is 2.51. The minimum absolute atomic E-state index is 0.00402. The van der Waals surface area contributed by atoms with E-state index < -0.39 is 0 Å². The first-order valence-corrected chi connectivity index (χ1v) is 6.36. The number of hydrogen-bond acceptors (Lipinski definition) is 1. The molecule has 92 valence electrons. The van der Waals surface area contributed by atoms with Gasteiger partial charge in [-0.3, -0.25) is 0 Å². The SMILES string of the molecule is CCCn1c(Cl)c(CO)c2c(C)cc(C)cc21. The topological polar surface area (TPSA) is 25.2 Å². The van der Waals surface area contributed by atoms with Gasteiger partial charge in [-0.1, -0.05) is 24.6 Å². The Morgan fingerprint density at radius 1 is 1.29 bits per heavy atom. The van der Waals surface area contributed by atoms with Crippen molar-refractivity contribution in [2.45, 2.75) is 40.3 Å². The number of fused-ring (bicyclic) bond motifs is 1. The third-order valence-corrected chi connectivity index (χ3v) is 3.58. The largest absolute Gasteiger partial charge is 0.392 e. The van der Waals surface area contributed by atoms with Gasteiger partial charge in [-0.05, 0) is 37.5 Å². The number of hydrogen-bond donors (Lipinski definition) is 1. The third kappa shape index (κ3) is 1.96. The van der Waals surface area contributed by atoms with E-state index in [4.69, 9.17) is 11.6 Å². The summed E-state index contributed by atoms with van der Waals surface area (Å²) in [5.74, 6) is 0. The molecule has 0 spiro atoms. The van der Waals surface area contributed by atoms with E-state index in [1.165, 1.54) is 11.1 Å². The second-order valence-corrected chi connectivity index (χ2v) is 4.91. The van der Waals surface area contributed by atoms with Crippen LogP contribution in [0.2, 0.25) is 5.15 Å². The highest BCUT2D eigenvalue weighted by Gasteiger charge is 2.16. The molecule has 1 aromatic carbocycles. The van der Waals surface area contributed by atoms with Crippen molar-refractivity contribution in [1.29, 1.82) is 0 Å². The van der Waals surface area contributed by atoms with E-state index in [2.05, 4.69) is 37.5 Å². The Labute approximate surface area is 107 Å². The zero-order chi connectivity index (χ0) is 12.6. The predicted molar refractivity (Wildman–Crippen MR) is 72.6 cm³/mol. The van der Waals surface area contributed by atoms with Crippen molar-refractivity contribution in [2.24, 2.45) is 0 Å². The molecule has 17 heavy (non-hydrogen) atoms. The summed E-state index contributed by atoms with van der Waals surface area (Å²) in [4.78, 5) is 0. The van der Waals surface area contributed by atoms with Gasteiger partial charge < -0.3 is 9.67 Å². The van der Waals surface area contributed by atoms with Crippen LogP contribution in [-0.4, -0.2) is 9.67 Å². The predicted octanol–water partition coefficient (Wildman–Crippen LogP) is 3.81. The maximum Gasteiger partial charge on any atom is 0.115 e. The summed E-state index contributed by atoms with van der Waals surface area (Å²) in [5, 5.41) is 11.3. The number of benzene rings is 1. The fraction of sp³-hybridized carbons (Fsp3) is 0.429. The van der Waals surface area contributed by atoms with Crippen LogP contribution in [-0.2, 0) is 13.2 Å². The first kappa shape index (κ1) is 12.5. The average Bonchev–Trinajstić information content (AvgIpc) is 2.53. The highest BCUT2D eigenvalue weighted by atomic mass is 35.5. The Balaban J connectivity index is 2.85. The third-order valence-electron chi connectivity index (χ3n) is 3.14. The minimum atomic E-state index is -0.00402. The molecule has 0 aliphatic carbocycles. The van der Waals surface area contributed by atoms with Gasteiger partial charge in [-0.15, -0.1) is 0 Å². The van der Waals surface area contributed by atoms with Crippen LogP contribution in [0.15, 0.2) is 12.1 Å². The lowest BCUT2D eigenvalue weighted by Gasteiger charge is -2.06. The molecule has 3 heteroatoms. The zero-order valence-electron chi connectivity index (χ0n) is 10.5. The van der Waals surface area contributed by atoms with Gasteiger partial charge in [0.1, 0.15) is 5.15 Å². The summed E-state index contributed by atoms with van der Waals surface area (Å²) in [7, 11) is 0. The van der Waals surface area contributed by atoms with Crippen molar-refractivity contribution in [3.05, 3.63) is 34.0 Å². The van der Waals surface area contributed by atoms with E-state index in [-0.39, 0.29) is 6.61 Å². The standard InChI is InChI=1S/C14H18ClNO/c1-4-5-16-12-7-9(2)6-10(3)13(12)11(8-17)14(16)15/h6-7,17H,4-5,8H2,1-3H3. The molecule has 0 fully saturated rings. The molecule has 0 saturated carbocycles. The second kappa shape index (κ2) is 4.71. The molecule has 0 saturated heterocycles. The molecule has 1 N–H and O–H groups in total. The van der Waals surface area contributed by atoms with Crippen LogP contribution < -0.4 is 0 Å². The number of aromatic nitrogens is 1. The first-order chi connectivity index (χ1) is 8.10. The van der Waals surface area contributed by atoms with Crippen molar-refractivity contribution in [3.63, 3.8) is 0 Å². The Hall–Kier alpha value is -0.990. The van der Waals surface area contributed by atoms with Gasteiger partial charge >= 0.3 is 0 Å². The van der Waals surface area contributed by atoms with Gasteiger partial charge in [0.2, 0.25) is 0 Å². The second-order valence-electron chi connectivity index (χ2n) is 4.56. The molecule has 1 aromatic heterocycles. The van der Waals surface area contributed by atoms with E-state index in [9.17, 15) is 5.11 Å². The van der Waals surface area contributed by atoms with Gasteiger partial charge in [-0.25, -0.2) is 0 Å². The highest BCUT2D eigenvalue weighted by Crippen LogP contribution is 2.33. The molecule has 0 bridgehead atoms. The molecule has 0 unspecified atom stereocenters. The Morgan fingerprint density at radius 3 is 2.59 bits per heavy atom. The molecule has 2 nitrogen and oxygen atoms in total. The van der Waals surface area contributed by atoms with Crippen LogP contribution in [0.25, 0.3) is 10.9 Å². The molecule has 0 aliphatic rings. The van der Waals surface area contributed by atoms with Crippen LogP contribution in [0.3, 0.4) is 0 Å². The Bertz CT molecular complexity index is 557. The highest BCUT2D eigenvalue weighted by molar-refractivity contribution is 6.32. The Morgan fingerprint density at radius 2 is 2.00 bits per heavy atom. The smallest absolute Gasteiger partial charge is 0.115 e. The van der Waals surface area contributed by atoms with Crippen molar-refractivity contribution < 1.29 is 5.11 Å². The van der Waals surface area contributed by atoms with Crippen LogP contribution in [0, 0.1) is 13.8 Å². The van der Waals surface area contributed by atoms with Crippen molar-refractivity contribution in [1.82, 2.24) is 4.57 Å². The summed E-state index contributed by atoms with van der Waals surface area (Å²) < 4.78 is 2.10. The number of rotatable bonds is 3. The number of aliphatic hydroxyl groups is 1. The van der Waals surface area contributed by atoms with Crippen LogP contribution >= 0.6 is 11.6 Å². The first-order valence-electron chi connectivity index (χ1n) is 5.98. The molecular weight excluding hydrogens is 234 g/mol. The number of halogens is 1. The van der Waals surface area contributed by atoms with Crippen molar-refractivity contribution in [3.8, 4) is 0 Å². The summed E-state index contributed by atoms with van der Waals surface area (Å²) in [6, 6.07) is 4.27. The van der Waals surface area contributed by atoms with E-state index in [1.54, 1.807) is 0 Å². The van der Waals surface area contributed by atoms with E-state index >= 15 is 0 Å². The molecule has 0 aliphatic heterocycles. The van der Waals surface area contributed by atoms with Gasteiger partial charge in [0, 0.05) is 17.5 Å². The lowest BCUT2D eigenvalue weighted by atomic mass is 10.0. The normalized spacial score (nSPS) is 11.4. The molecule has 1 heterocycles. The van der Waals surface area contributed by atoms with Gasteiger partial charge in [0.15, 0.2) is 0 Å². The van der Waals surface area contributed by atoms with E-state index in [0.29, 0.717) is 5.15 Å². The quantitative estimate of drug-likeness (QED) is 0.882. The number of aliphatic hydroxyl groups excluding tert-OH is 1. The van der Waals surface area contributed by atoms with E-state index in [1.807, 2.05) is 0 Å². The molecule has 2 rings (SSSR count). The minimum Gasteiger partial charge on any atom is -0.392 e. The monoisotopic (exact) mass is 251 g/mol. The Kier molecular flexibility index (Phi) is 3.45. The molecule has 2 aromatic rings. The molecular formula is C14H18ClNO.